The van der Waals surface area contributed by atoms with Crippen molar-refractivity contribution in [2.24, 2.45) is 0 Å². The molecule has 21 heavy (non-hydrogen) atoms. The number of aromatic nitrogens is 2. The lowest BCUT2D eigenvalue weighted by Crippen LogP contribution is -2.35. The van der Waals surface area contributed by atoms with E-state index in [0.29, 0.717) is 0 Å². The highest BCUT2D eigenvalue weighted by Crippen LogP contribution is 2.25. The van der Waals surface area contributed by atoms with Crippen molar-refractivity contribution in [1.82, 2.24) is 14.5 Å². The Morgan fingerprint density at radius 1 is 1.29 bits per heavy atom. The fraction of sp³-hybridized carbons (Fsp3) is 0.562. The second-order valence-corrected chi connectivity index (χ2v) is 7.56. The molecule has 114 valence electrons. The van der Waals surface area contributed by atoms with Crippen molar-refractivity contribution in [3.8, 4) is 0 Å². The number of alkyl halides is 1. The molecular weight excluding hydrogens is 302 g/mol. The van der Waals surface area contributed by atoms with Crippen LogP contribution in [-0.2, 0) is 6.54 Å². The molecule has 1 aliphatic heterocycles. The summed E-state index contributed by atoms with van der Waals surface area (Å²) in [7, 11) is 0. The first-order chi connectivity index (χ1) is 10.1. The van der Waals surface area contributed by atoms with Gasteiger partial charge < -0.3 is 4.57 Å². The molecule has 0 spiro atoms. The molecule has 0 bridgehead atoms. The maximum Gasteiger partial charge on any atom is 0.127 e. The number of imidazole rings is 1. The number of aryl methyl sites for hydroxylation is 1. The summed E-state index contributed by atoms with van der Waals surface area (Å²) in [6.07, 6.45) is 0. The molecular formula is C16H22ClN3S. The summed E-state index contributed by atoms with van der Waals surface area (Å²) in [6, 6.07) is 6.47. The molecule has 1 saturated heterocycles. The summed E-state index contributed by atoms with van der Waals surface area (Å²) >= 11 is 8.39. The SMILES string of the molecule is Cc1ccc2c(c1)nc(C(C)Cl)n2CCN1CCSCC1. The number of nitrogens with zero attached hydrogens (tertiary/aromatic N) is 3. The quantitative estimate of drug-likeness (QED) is 0.801. The monoisotopic (exact) mass is 323 g/mol. The molecule has 1 atom stereocenters. The van der Waals surface area contributed by atoms with Crippen LogP contribution >= 0.6 is 23.4 Å². The minimum atomic E-state index is -0.0605. The molecule has 3 nitrogen and oxygen atoms in total. The number of halogens is 1. The Morgan fingerprint density at radius 2 is 2.05 bits per heavy atom. The Morgan fingerprint density at radius 3 is 2.76 bits per heavy atom. The molecule has 5 heteroatoms. The van der Waals surface area contributed by atoms with Crippen molar-refractivity contribution in [2.75, 3.05) is 31.1 Å². The summed E-state index contributed by atoms with van der Waals surface area (Å²) < 4.78 is 2.30. The molecule has 1 aromatic carbocycles. The summed E-state index contributed by atoms with van der Waals surface area (Å²) in [5.74, 6) is 3.49. The molecule has 2 heterocycles. The fourth-order valence-corrected chi connectivity index (χ4v) is 4.01. The van der Waals surface area contributed by atoms with Crippen LogP contribution < -0.4 is 0 Å². The minimum absolute atomic E-state index is 0.0605. The van der Waals surface area contributed by atoms with E-state index in [0.717, 1.165) is 24.4 Å². The van der Waals surface area contributed by atoms with Crippen molar-refractivity contribution >= 4 is 34.4 Å². The number of fused-ring (bicyclic) bond motifs is 1. The van der Waals surface area contributed by atoms with Gasteiger partial charge in [0.25, 0.3) is 0 Å². The normalized spacial score (nSPS) is 18.2. The summed E-state index contributed by atoms with van der Waals surface area (Å²) in [4.78, 5) is 7.29. The summed E-state index contributed by atoms with van der Waals surface area (Å²) in [5.41, 5.74) is 3.51. The van der Waals surface area contributed by atoms with Gasteiger partial charge >= 0.3 is 0 Å². The van der Waals surface area contributed by atoms with Gasteiger partial charge in [-0.05, 0) is 31.5 Å². The maximum absolute atomic E-state index is 6.34. The van der Waals surface area contributed by atoms with Crippen LogP contribution in [0.25, 0.3) is 11.0 Å². The van der Waals surface area contributed by atoms with Crippen LogP contribution in [0, 0.1) is 6.92 Å². The van der Waals surface area contributed by atoms with Crippen LogP contribution in [0.4, 0.5) is 0 Å². The third kappa shape index (κ3) is 3.38. The zero-order valence-electron chi connectivity index (χ0n) is 12.7. The third-order valence-electron chi connectivity index (χ3n) is 4.03. The van der Waals surface area contributed by atoms with Gasteiger partial charge in [0.1, 0.15) is 5.82 Å². The van der Waals surface area contributed by atoms with Crippen LogP contribution in [0.2, 0.25) is 0 Å². The Balaban J connectivity index is 1.86. The van der Waals surface area contributed by atoms with Gasteiger partial charge in [0.15, 0.2) is 0 Å². The van der Waals surface area contributed by atoms with Crippen LogP contribution in [-0.4, -0.2) is 45.6 Å². The Bertz CT molecular complexity index is 617. The second-order valence-electron chi connectivity index (χ2n) is 5.68. The van der Waals surface area contributed by atoms with Crippen molar-refractivity contribution in [2.45, 2.75) is 25.8 Å². The van der Waals surface area contributed by atoms with Gasteiger partial charge in [0.2, 0.25) is 0 Å². The van der Waals surface area contributed by atoms with Crippen molar-refractivity contribution < 1.29 is 0 Å². The van der Waals surface area contributed by atoms with Crippen LogP contribution in [0.1, 0.15) is 23.7 Å². The maximum atomic E-state index is 6.34. The molecule has 0 N–H and O–H groups in total. The molecule has 3 rings (SSSR count). The number of thioether (sulfide) groups is 1. The zero-order valence-corrected chi connectivity index (χ0v) is 14.3. The lowest BCUT2D eigenvalue weighted by Gasteiger charge is -2.26. The standard InChI is InChI=1S/C16H22ClN3S/c1-12-3-4-15-14(11-12)18-16(13(2)17)20(15)6-5-19-7-9-21-10-8-19/h3-4,11,13H,5-10H2,1-2H3. The topological polar surface area (TPSA) is 21.1 Å². The lowest BCUT2D eigenvalue weighted by atomic mass is 10.2. The van der Waals surface area contributed by atoms with E-state index in [2.05, 4.69) is 46.4 Å². The van der Waals surface area contributed by atoms with Gasteiger partial charge in [-0.3, -0.25) is 4.90 Å². The number of benzene rings is 1. The second kappa shape index (κ2) is 6.59. The molecule has 0 saturated carbocycles. The number of rotatable bonds is 4. The highest BCUT2D eigenvalue weighted by Gasteiger charge is 2.16. The number of hydrogen-bond donors (Lipinski definition) is 0. The molecule has 0 amide bonds. The smallest absolute Gasteiger partial charge is 0.127 e. The molecule has 1 unspecified atom stereocenters. The highest BCUT2D eigenvalue weighted by atomic mass is 35.5. The van der Waals surface area contributed by atoms with Gasteiger partial charge in [-0.1, -0.05) is 6.07 Å². The molecule has 2 aromatic rings. The Kier molecular flexibility index (Phi) is 4.77. The van der Waals surface area contributed by atoms with Gasteiger partial charge in [0, 0.05) is 37.7 Å². The largest absolute Gasteiger partial charge is 0.325 e. The van der Waals surface area contributed by atoms with Crippen molar-refractivity contribution in [1.29, 1.82) is 0 Å². The summed E-state index contributed by atoms with van der Waals surface area (Å²) in [5, 5.41) is -0.0605. The molecule has 0 radical (unpaired) electrons. The van der Waals surface area contributed by atoms with E-state index >= 15 is 0 Å². The molecule has 1 aromatic heterocycles. The van der Waals surface area contributed by atoms with Crippen molar-refractivity contribution in [3.63, 3.8) is 0 Å². The molecule has 1 aliphatic rings. The van der Waals surface area contributed by atoms with E-state index in [1.165, 1.54) is 35.7 Å². The molecule has 0 aliphatic carbocycles. The van der Waals surface area contributed by atoms with Gasteiger partial charge in [-0.15, -0.1) is 11.6 Å². The Labute approximate surface area is 135 Å². The average molecular weight is 324 g/mol. The van der Waals surface area contributed by atoms with Gasteiger partial charge in [0.05, 0.1) is 16.4 Å². The zero-order chi connectivity index (χ0) is 14.8. The minimum Gasteiger partial charge on any atom is -0.325 e. The predicted octanol–water partition coefficient (Wildman–Crippen LogP) is 3.69. The van der Waals surface area contributed by atoms with E-state index in [9.17, 15) is 0 Å². The van der Waals surface area contributed by atoms with E-state index < -0.39 is 0 Å². The number of hydrogen-bond acceptors (Lipinski definition) is 3. The first-order valence-electron chi connectivity index (χ1n) is 7.56. The van der Waals surface area contributed by atoms with E-state index in [1.54, 1.807) is 0 Å². The van der Waals surface area contributed by atoms with Gasteiger partial charge in [-0.2, -0.15) is 11.8 Å². The molecule has 1 fully saturated rings. The van der Waals surface area contributed by atoms with E-state index in [1.807, 2.05) is 6.92 Å². The fourth-order valence-electron chi connectivity index (χ4n) is 2.86. The van der Waals surface area contributed by atoms with Crippen LogP contribution in [0.15, 0.2) is 18.2 Å². The van der Waals surface area contributed by atoms with Crippen LogP contribution in [0.5, 0.6) is 0 Å². The van der Waals surface area contributed by atoms with Crippen molar-refractivity contribution in [3.05, 3.63) is 29.6 Å². The Hall–Kier alpha value is -0.710. The predicted molar refractivity (Wildman–Crippen MR) is 92.5 cm³/mol. The van der Waals surface area contributed by atoms with Crippen LogP contribution in [0.3, 0.4) is 0 Å². The van der Waals surface area contributed by atoms with E-state index in [-0.39, 0.29) is 5.38 Å². The van der Waals surface area contributed by atoms with Gasteiger partial charge in [-0.25, -0.2) is 4.98 Å². The summed E-state index contributed by atoms with van der Waals surface area (Å²) in [6.45, 7) is 8.55. The lowest BCUT2D eigenvalue weighted by molar-refractivity contribution is 0.289. The van der Waals surface area contributed by atoms with E-state index in [4.69, 9.17) is 16.6 Å². The first kappa shape index (κ1) is 15.2. The average Bonchev–Trinajstić information content (AvgIpc) is 2.84. The highest BCUT2D eigenvalue weighted by molar-refractivity contribution is 7.99. The first-order valence-corrected chi connectivity index (χ1v) is 9.15. The third-order valence-corrected chi connectivity index (χ3v) is 5.17.